The quantitative estimate of drug-likeness (QED) is 0.564. The first-order valence-electron chi connectivity index (χ1n) is 11.4. The predicted octanol–water partition coefficient (Wildman–Crippen LogP) is 3.96. The number of para-hydroxylation sites is 1. The molecule has 3 aromatic rings. The van der Waals surface area contributed by atoms with Crippen LogP contribution in [0.5, 0.6) is 0 Å². The van der Waals surface area contributed by atoms with E-state index in [1.165, 1.54) is 6.42 Å². The molecule has 0 aliphatic carbocycles. The van der Waals surface area contributed by atoms with Gasteiger partial charge in [-0.15, -0.1) is 0 Å². The highest BCUT2D eigenvalue weighted by atomic mass is 35.5. The predicted molar refractivity (Wildman–Crippen MR) is 128 cm³/mol. The molecule has 32 heavy (non-hydrogen) atoms. The van der Waals surface area contributed by atoms with Crippen LogP contribution in [0.2, 0.25) is 5.15 Å². The van der Waals surface area contributed by atoms with Gasteiger partial charge < -0.3 is 9.80 Å². The monoisotopic (exact) mass is 449 g/mol. The third kappa shape index (κ3) is 4.57. The topological polar surface area (TPSA) is 52.6 Å². The van der Waals surface area contributed by atoms with Crippen LogP contribution in [-0.4, -0.2) is 71.5 Å². The molecule has 0 saturated carbocycles. The van der Waals surface area contributed by atoms with E-state index < -0.39 is 0 Å². The maximum atomic E-state index is 13.4. The zero-order valence-corrected chi connectivity index (χ0v) is 18.9. The zero-order valence-electron chi connectivity index (χ0n) is 18.2. The molecular formula is C25H28ClN5O. The lowest BCUT2D eigenvalue weighted by Gasteiger charge is -2.39. The fraction of sp³-hybridized carbons (Fsp3) is 0.400. The molecule has 1 aromatic carbocycles. The third-order valence-electron chi connectivity index (χ3n) is 6.58. The maximum absolute atomic E-state index is 13.4. The number of carbonyl (C=O) groups is 1. The molecule has 2 aliphatic rings. The molecule has 0 radical (unpaired) electrons. The van der Waals surface area contributed by atoms with E-state index in [0.29, 0.717) is 16.6 Å². The van der Waals surface area contributed by atoms with Crippen molar-refractivity contribution < 1.29 is 4.79 Å². The SMILES string of the molecule is O=C(c1cc(Cl)nc2ccccc12)N1CCCC(CN2CCN(c3ccccn3)CC2)C1. The highest BCUT2D eigenvalue weighted by Crippen LogP contribution is 2.25. The standard InChI is InChI=1S/C25H28ClN5O/c26-23-16-21(20-7-1-2-8-22(20)28-23)25(32)31-11-5-6-19(18-31)17-29-12-14-30(15-13-29)24-9-3-4-10-27-24/h1-4,7-10,16,19H,5-6,11-15,17-18H2. The summed E-state index contributed by atoms with van der Waals surface area (Å²) in [5, 5.41) is 1.24. The lowest BCUT2D eigenvalue weighted by atomic mass is 9.96. The van der Waals surface area contributed by atoms with Crippen LogP contribution >= 0.6 is 11.6 Å². The highest BCUT2D eigenvalue weighted by molar-refractivity contribution is 6.30. The van der Waals surface area contributed by atoms with Crippen molar-refractivity contribution >= 4 is 34.2 Å². The molecule has 4 heterocycles. The summed E-state index contributed by atoms with van der Waals surface area (Å²) >= 11 is 6.22. The number of anilines is 1. The lowest BCUT2D eigenvalue weighted by Crippen LogP contribution is -2.50. The van der Waals surface area contributed by atoms with Crippen molar-refractivity contribution in [2.24, 2.45) is 5.92 Å². The van der Waals surface area contributed by atoms with E-state index in [2.05, 4.69) is 25.8 Å². The molecule has 5 rings (SSSR count). The van der Waals surface area contributed by atoms with Crippen molar-refractivity contribution in [2.75, 3.05) is 50.7 Å². The first-order valence-corrected chi connectivity index (χ1v) is 11.8. The van der Waals surface area contributed by atoms with Gasteiger partial charge >= 0.3 is 0 Å². The summed E-state index contributed by atoms with van der Waals surface area (Å²) in [4.78, 5) is 29.2. The van der Waals surface area contributed by atoms with Crippen LogP contribution in [0.15, 0.2) is 54.7 Å². The van der Waals surface area contributed by atoms with Gasteiger partial charge in [-0.1, -0.05) is 35.9 Å². The number of carbonyl (C=O) groups excluding carboxylic acids is 1. The minimum absolute atomic E-state index is 0.0650. The Kier molecular flexibility index (Phi) is 6.23. The van der Waals surface area contributed by atoms with Crippen LogP contribution in [0.1, 0.15) is 23.2 Å². The van der Waals surface area contributed by atoms with Gasteiger partial charge in [0, 0.05) is 57.4 Å². The van der Waals surface area contributed by atoms with Crippen molar-refractivity contribution in [1.82, 2.24) is 19.8 Å². The van der Waals surface area contributed by atoms with Crippen molar-refractivity contribution in [3.8, 4) is 0 Å². The van der Waals surface area contributed by atoms with Crippen LogP contribution in [0.25, 0.3) is 10.9 Å². The average Bonchev–Trinajstić information content (AvgIpc) is 2.84. The summed E-state index contributed by atoms with van der Waals surface area (Å²) in [6.07, 6.45) is 4.07. The Hall–Kier alpha value is -2.70. The Morgan fingerprint density at radius 2 is 1.84 bits per heavy atom. The molecule has 7 heteroatoms. The summed E-state index contributed by atoms with van der Waals surface area (Å²) in [5.74, 6) is 1.62. The zero-order chi connectivity index (χ0) is 21.9. The van der Waals surface area contributed by atoms with Gasteiger partial charge in [-0.25, -0.2) is 9.97 Å². The molecule has 0 bridgehead atoms. The van der Waals surface area contributed by atoms with Gasteiger partial charge in [0.05, 0.1) is 11.1 Å². The van der Waals surface area contributed by atoms with Crippen LogP contribution < -0.4 is 4.90 Å². The Bertz CT molecular complexity index is 1080. The van der Waals surface area contributed by atoms with Crippen LogP contribution in [-0.2, 0) is 0 Å². The number of aromatic nitrogens is 2. The van der Waals surface area contributed by atoms with Gasteiger partial charge in [0.25, 0.3) is 5.91 Å². The van der Waals surface area contributed by atoms with E-state index in [0.717, 1.165) is 69.0 Å². The van der Waals surface area contributed by atoms with E-state index in [4.69, 9.17) is 11.6 Å². The first-order chi connectivity index (χ1) is 15.7. The summed E-state index contributed by atoms with van der Waals surface area (Å²) in [7, 11) is 0. The number of rotatable bonds is 4. The number of hydrogen-bond acceptors (Lipinski definition) is 5. The van der Waals surface area contributed by atoms with Crippen LogP contribution in [0.4, 0.5) is 5.82 Å². The van der Waals surface area contributed by atoms with Crippen molar-refractivity contribution in [3.63, 3.8) is 0 Å². The van der Waals surface area contributed by atoms with Gasteiger partial charge in [-0.2, -0.15) is 0 Å². The molecule has 6 nitrogen and oxygen atoms in total. The number of halogens is 1. The smallest absolute Gasteiger partial charge is 0.254 e. The largest absolute Gasteiger partial charge is 0.354 e. The number of amides is 1. The number of likely N-dealkylation sites (tertiary alicyclic amines) is 1. The Morgan fingerprint density at radius 1 is 1.03 bits per heavy atom. The molecule has 0 N–H and O–H groups in total. The van der Waals surface area contributed by atoms with Crippen molar-refractivity contribution in [1.29, 1.82) is 0 Å². The number of piperidine rings is 1. The number of nitrogens with zero attached hydrogens (tertiary/aromatic N) is 5. The number of piperazine rings is 1. The molecule has 1 unspecified atom stereocenters. The minimum atomic E-state index is 0.0650. The molecular weight excluding hydrogens is 422 g/mol. The fourth-order valence-electron chi connectivity index (χ4n) is 4.95. The normalized spacial score (nSPS) is 20.0. The summed E-state index contributed by atoms with van der Waals surface area (Å²) < 4.78 is 0. The molecule has 2 fully saturated rings. The number of fused-ring (bicyclic) bond motifs is 1. The highest BCUT2D eigenvalue weighted by Gasteiger charge is 2.28. The van der Waals surface area contributed by atoms with Gasteiger partial charge in [0.2, 0.25) is 0 Å². The third-order valence-corrected chi connectivity index (χ3v) is 6.78. The van der Waals surface area contributed by atoms with E-state index in [1.54, 1.807) is 6.07 Å². The Balaban J connectivity index is 1.22. The van der Waals surface area contributed by atoms with Gasteiger partial charge in [0.15, 0.2) is 0 Å². The second-order valence-corrected chi connectivity index (χ2v) is 9.13. The first kappa shape index (κ1) is 21.2. The van der Waals surface area contributed by atoms with E-state index in [-0.39, 0.29) is 5.91 Å². The maximum Gasteiger partial charge on any atom is 0.254 e. The van der Waals surface area contributed by atoms with E-state index in [1.807, 2.05) is 47.5 Å². The Morgan fingerprint density at radius 3 is 2.66 bits per heavy atom. The van der Waals surface area contributed by atoms with Gasteiger partial charge in [0.1, 0.15) is 11.0 Å². The summed E-state index contributed by atoms with van der Waals surface area (Å²) in [6.45, 7) is 6.70. The van der Waals surface area contributed by atoms with Crippen LogP contribution in [0, 0.1) is 5.92 Å². The molecule has 1 amide bonds. The molecule has 2 aliphatic heterocycles. The molecule has 2 saturated heterocycles. The number of pyridine rings is 2. The average molecular weight is 450 g/mol. The molecule has 2 aromatic heterocycles. The van der Waals surface area contributed by atoms with Crippen molar-refractivity contribution in [2.45, 2.75) is 12.8 Å². The number of benzene rings is 1. The van der Waals surface area contributed by atoms with Gasteiger partial charge in [-0.3, -0.25) is 9.69 Å². The molecule has 166 valence electrons. The minimum Gasteiger partial charge on any atom is -0.354 e. The second kappa shape index (κ2) is 9.43. The number of hydrogen-bond donors (Lipinski definition) is 0. The van der Waals surface area contributed by atoms with Gasteiger partial charge in [-0.05, 0) is 43.0 Å². The molecule has 1 atom stereocenters. The van der Waals surface area contributed by atoms with Crippen molar-refractivity contribution in [3.05, 3.63) is 65.4 Å². The fourth-order valence-corrected chi connectivity index (χ4v) is 5.15. The summed E-state index contributed by atoms with van der Waals surface area (Å²) in [5.41, 5.74) is 1.42. The van der Waals surface area contributed by atoms with Crippen LogP contribution in [0.3, 0.4) is 0 Å². The summed E-state index contributed by atoms with van der Waals surface area (Å²) in [6, 6.07) is 15.5. The van der Waals surface area contributed by atoms with E-state index in [9.17, 15) is 4.79 Å². The van der Waals surface area contributed by atoms with E-state index >= 15 is 0 Å². The Labute approximate surface area is 193 Å². The lowest BCUT2D eigenvalue weighted by molar-refractivity contribution is 0.0639. The molecule has 0 spiro atoms. The second-order valence-electron chi connectivity index (χ2n) is 8.74.